The second-order valence-electron chi connectivity index (χ2n) is 5.45. The molecule has 0 radical (unpaired) electrons. The molecule has 0 fully saturated rings. The van der Waals surface area contributed by atoms with Crippen molar-refractivity contribution in [3.05, 3.63) is 72.1 Å². The van der Waals surface area contributed by atoms with E-state index >= 15 is 0 Å². The predicted octanol–water partition coefficient (Wildman–Crippen LogP) is 3.87. The lowest BCUT2D eigenvalue weighted by molar-refractivity contribution is 0.263. The van der Waals surface area contributed by atoms with Crippen molar-refractivity contribution < 1.29 is 13.5 Å². The number of pyridine rings is 1. The standard InChI is InChI=1S/C19H11FN4O2/c20-16-8-14-10-22-6-5-12(14)7-15(16)19-24-23-18(26-19)11-25-17-4-2-1-3-13(17)9-21/h1-8,10H,11H2. The molecule has 4 rings (SSSR count). The van der Waals surface area contributed by atoms with Crippen LogP contribution in [-0.4, -0.2) is 15.2 Å². The molecule has 0 spiro atoms. The van der Waals surface area contributed by atoms with Crippen LogP contribution < -0.4 is 4.74 Å². The van der Waals surface area contributed by atoms with Gasteiger partial charge in [-0.15, -0.1) is 10.2 Å². The Morgan fingerprint density at radius 2 is 2.00 bits per heavy atom. The van der Waals surface area contributed by atoms with Crippen molar-refractivity contribution in [2.24, 2.45) is 0 Å². The third kappa shape index (κ3) is 2.96. The fourth-order valence-electron chi connectivity index (χ4n) is 2.52. The summed E-state index contributed by atoms with van der Waals surface area (Å²) in [6.45, 7) is -0.0230. The number of para-hydroxylation sites is 1. The summed E-state index contributed by atoms with van der Waals surface area (Å²) in [5.74, 6) is 0.186. The second-order valence-corrected chi connectivity index (χ2v) is 5.45. The Balaban J connectivity index is 1.59. The Labute approximate surface area is 147 Å². The summed E-state index contributed by atoms with van der Waals surface area (Å²) in [6.07, 6.45) is 3.21. The first kappa shape index (κ1) is 15.7. The summed E-state index contributed by atoms with van der Waals surface area (Å²) in [5.41, 5.74) is 0.612. The quantitative estimate of drug-likeness (QED) is 0.557. The number of fused-ring (bicyclic) bond motifs is 1. The van der Waals surface area contributed by atoms with E-state index < -0.39 is 5.82 Å². The molecule has 0 amide bonds. The predicted molar refractivity (Wildman–Crippen MR) is 90.5 cm³/mol. The van der Waals surface area contributed by atoms with Crippen LogP contribution in [0.2, 0.25) is 0 Å². The fraction of sp³-hybridized carbons (Fsp3) is 0.0526. The highest BCUT2D eigenvalue weighted by atomic mass is 19.1. The van der Waals surface area contributed by atoms with Gasteiger partial charge in [0.15, 0.2) is 6.61 Å². The van der Waals surface area contributed by atoms with Gasteiger partial charge in [0, 0.05) is 17.8 Å². The van der Waals surface area contributed by atoms with Crippen LogP contribution in [-0.2, 0) is 6.61 Å². The van der Waals surface area contributed by atoms with Crippen LogP contribution in [0.25, 0.3) is 22.2 Å². The molecule has 0 atom stereocenters. The smallest absolute Gasteiger partial charge is 0.254 e. The van der Waals surface area contributed by atoms with E-state index in [1.165, 1.54) is 6.07 Å². The lowest BCUT2D eigenvalue weighted by Crippen LogP contribution is -1.97. The minimum atomic E-state index is -0.476. The average Bonchev–Trinajstić information content (AvgIpc) is 3.14. The van der Waals surface area contributed by atoms with E-state index in [1.54, 1.807) is 48.8 Å². The van der Waals surface area contributed by atoms with Crippen LogP contribution in [0, 0.1) is 17.1 Å². The van der Waals surface area contributed by atoms with Crippen molar-refractivity contribution in [1.29, 1.82) is 5.26 Å². The molecule has 0 aliphatic carbocycles. The van der Waals surface area contributed by atoms with Crippen LogP contribution in [0.4, 0.5) is 4.39 Å². The number of rotatable bonds is 4. The van der Waals surface area contributed by atoms with E-state index in [2.05, 4.69) is 15.2 Å². The number of benzene rings is 2. The first-order chi connectivity index (χ1) is 12.7. The zero-order valence-electron chi connectivity index (χ0n) is 13.4. The Morgan fingerprint density at radius 1 is 1.12 bits per heavy atom. The zero-order chi connectivity index (χ0) is 17.9. The highest BCUT2D eigenvalue weighted by Gasteiger charge is 2.15. The van der Waals surface area contributed by atoms with E-state index in [-0.39, 0.29) is 24.0 Å². The van der Waals surface area contributed by atoms with Gasteiger partial charge in [0.2, 0.25) is 0 Å². The monoisotopic (exact) mass is 346 g/mol. The molecule has 2 aromatic carbocycles. The van der Waals surface area contributed by atoms with Gasteiger partial charge < -0.3 is 9.15 Å². The minimum Gasteiger partial charge on any atom is -0.482 e. The van der Waals surface area contributed by atoms with Crippen molar-refractivity contribution >= 4 is 10.8 Å². The third-order valence-electron chi connectivity index (χ3n) is 3.78. The summed E-state index contributed by atoms with van der Waals surface area (Å²) in [7, 11) is 0. The summed E-state index contributed by atoms with van der Waals surface area (Å²) in [4.78, 5) is 3.97. The number of hydrogen-bond donors (Lipinski definition) is 0. The van der Waals surface area contributed by atoms with E-state index in [0.717, 1.165) is 5.39 Å². The number of ether oxygens (including phenoxy) is 1. The fourth-order valence-corrected chi connectivity index (χ4v) is 2.52. The molecule has 0 saturated carbocycles. The number of aromatic nitrogens is 3. The highest BCUT2D eigenvalue weighted by molar-refractivity contribution is 5.85. The molecule has 2 heterocycles. The number of hydrogen-bond acceptors (Lipinski definition) is 6. The maximum absolute atomic E-state index is 14.3. The van der Waals surface area contributed by atoms with Crippen molar-refractivity contribution in [2.75, 3.05) is 0 Å². The van der Waals surface area contributed by atoms with Crippen LogP contribution in [0.15, 0.2) is 59.3 Å². The highest BCUT2D eigenvalue weighted by Crippen LogP contribution is 2.27. The molecule has 7 heteroatoms. The largest absolute Gasteiger partial charge is 0.482 e. The van der Waals surface area contributed by atoms with E-state index in [0.29, 0.717) is 16.7 Å². The number of halogens is 1. The second kappa shape index (κ2) is 6.61. The van der Waals surface area contributed by atoms with Crippen LogP contribution in [0.5, 0.6) is 5.75 Å². The molecule has 0 unspecified atom stereocenters. The van der Waals surface area contributed by atoms with Gasteiger partial charge in [-0.05, 0) is 35.7 Å². The Hall–Kier alpha value is -3.79. The van der Waals surface area contributed by atoms with Crippen molar-refractivity contribution in [3.63, 3.8) is 0 Å². The molecule has 126 valence electrons. The maximum atomic E-state index is 14.3. The molecule has 0 bridgehead atoms. The molecule has 0 N–H and O–H groups in total. The summed E-state index contributed by atoms with van der Waals surface area (Å²) in [6, 6.07) is 13.7. The average molecular weight is 346 g/mol. The lowest BCUT2D eigenvalue weighted by Gasteiger charge is -2.04. The third-order valence-corrected chi connectivity index (χ3v) is 3.78. The summed E-state index contributed by atoms with van der Waals surface area (Å²) >= 11 is 0. The van der Waals surface area contributed by atoms with Crippen LogP contribution >= 0.6 is 0 Å². The molecule has 0 saturated heterocycles. The minimum absolute atomic E-state index is 0.0230. The Kier molecular flexibility index (Phi) is 4.00. The Bertz CT molecular complexity index is 1130. The van der Waals surface area contributed by atoms with Crippen LogP contribution in [0.3, 0.4) is 0 Å². The van der Waals surface area contributed by atoms with E-state index in [1.807, 2.05) is 6.07 Å². The molecule has 4 aromatic rings. The zero-order valence-corrected chi connectivity index (χ0v) is 13.4. The normalized spacial score (nSPS) is 10.6. The van der Waals surface area contributed by atoms with E-state index in [9.17, 15) is 4.39 Å². The molecular weight excluding hydrogens is 335 g/mol. The first-order valence-corrected chi connectivity index (χ1v) is 7.72. The molecule has 2 aromatic heterocycles. The van der Waals surface area contributed by atoms with Crippen molar-refractivity contribution in [2.45, 2.75) is 6.61 Å². The van der Waals surface area contributed by atoms with Gasteiger partial charge in [0.1, 0.15) is 17.6 Å². The SMILES string of the molecule is N#Cc1ccccc1OCc1nnc(-c2cc3ccncc3cc2F)o1. The van der Waals surface area contributed by atoms with Gasteiger partial charge >= 0.3 is 0 Å². The van der Waals surface area contributed by atoms with E-state index in [4.69, 9.17) is 14.4 Å². The maximum Gasteiger partial charge on any atom is 0.254 e. The van der Waals surface area contributed by atoms with Crippen LogP contribution in [0.1, 0.15) is 11.5 Å². The topological polar surface area (TPSA) is 84.8 Å². The van der Waals surface area contributed by atoms with Gasteiger partial charge in [-0.25, -0.2) is 4.39 Å². The van der Waals surface area contributed by atoms with Crippen molar-refractivity contribution in [1.82, 2.24) is 15.2 Å². The van der Waals surface area contributed by atoms with Gasteiger partial charge in [-0.1, -0.05) is 12.1 Å². The summed E-state index contributed by atoms with van der Waals surface area (Å²) < 4.78 is 25.4. The first-order valence-electron chi connectivity index (χ1n) is 7.72. The molecule has 0 aliphatic heterocycles. The van der Waals surface area contributed by atoms with Gasteiger partial charge in [0.25, 0.3) is 11.8 Å². The van der Waals surface area contributed by atoms with Gasteiger partial charge in [-0.3, -0.25) is 4.98 Å². The molecular formula is C19H11FN4O2. The number of nitrogens with zero attached hydrogens (tertiary/aromatic N) is 4. The summed E-state index contributed by atoms with van der Waals surface area (Å²) in [5, 5.41) is 18.3. The lowest BCUT2D eigenvalue weighted by atomic mass is 10.1. The van der Waals surface area contributed by atoms with Crippen molar-refractivity contribution in [3.8, 4) is 23.3 Å². The van der Waals surface area contributed by atoms with Gasteiger partial charge in [0.05, 0.1) is 11.1 Å². The molecule has 6 nitrogen and oxygen atoms in total. The Morgan fingerprint density at radius 3 is 2.88 bits per heavy atom. The molecule has 0 aliphatic rings. The molecule has 26 heavy (non-hydrogen) atoms. The van der Waals surface area contributed by atoms with Gasteiger partial charge in [-0.2, -0.15) is 5.26 Å². The number of nitriles is 1.